The fourth-order valence-electron chi connectivity index (χ4n) is 4.62. The summed E-state index contributed by atoms with van der Waals surface area (Å²) in [5.74, 6) is -0.410. The van der Waals surface area contributed by atoms with Crippen molar-refractivity contribution < 1.29 is 33.4 Å². The summed E-state index contributed by atoms with van der Waals surface area (Å²) in [6, 6.07) is 26.6. The van der Waals surface area contributed by atoms with E-state index in [2.05, 4.69) is 16.7 Å². The summed E-state index contributed by atoms with van der Waals surface area (Å²) < 4.78 is 21.0. The van der Waals surface area contributed by atoms with Crippen LogP contribution in [0.25, 0.3) is 10.9 Å². The Labute approximate surface area is 267 Å². The summed E-state index contributed by atoms with van der Waals surface area (Å²) in [5, 5.41) is 5.35. The van der Waals surface area contributed by atoms with Crippen LogP contribution < -0.4 is 4.74 Å². The summed E-state index contributed by atoms with van der Waals surface area (Å²) in [6.45, 7) is 7.91. The average molecular weight is 631 g/mol. The number of rotatable bonds is 12. The van der Waals surface area contributed by atoms with Crippen molar-refractivity contribution in [3.05, 3.63) is 120 Å². The number of carbonyl (C=O) groups is 2. The van der Waals surface area contributed by atoms with Crippen molar-refractivity contribution in [1.82, 2.24) is 4.98 Å². The third-order valence-electron chi connectivity index (χ3n) is 6.67. The van der Waals surface area contributed by atoms with Gasteiger partial charge in [-0.05, 0) is 38.1 Å². The zero-order valence-corrected chi connectivity index (χ0v) is 25.9. The maximum atomic E-state index is 12.0. The molecule has 10 heteroatoms. The van der Waals surface area contributed by atoms with Crippen LogP contribution in [0, 0.1) is 0 Å². The molecule has 1 aliphatic heterocycles. The number of carbonyl (C=O) groups excluding carboxylic acids is 2. The summed E-state index contributed by atoms with van der Waals surface area (Å²) in [5.41, 5.74) is 2.07. The molecule has 0 N–H and O–H groups in total. The van der Waals surface area contributed by atoms with Gasteiger partial charge >= 0.3 is 11.9 Å². The van der Waals surface area contributed by atoms with Crippen LogP contribution in [-0.2, 0) is 34.2 Å². The van der Waals surface area contributed by atoms with Gasteiger partial charge in [-0.15, -0.1) is 6.58 Å². The summed E-state index contributed by atoms with van der Waals surface area (Å²) in [4.78, 5) is 33.8. The highest BCUT2D eigenvalue weighted by molar-refractivity contribution is 6.37. The summed E-state index contributed by atoms with van der Waals surface area (Å²) in [6.07, 6.45) is 3.28. The fourth-order valence-corrected chi connectivity index (χ4v) is 4.84. The summed E-state index contributed by atoms with van der Waals surface area (Å²) in [7, 11) is 0. The van der Waals surface area contributed by atoms with Crippen LogP contribution in [-0.4, -0.2) is 55.2 Å². The lowest BCUT2D eigenvalue weighted by atomic mass is 9.82. The number of oxime groups is 1. The lowest BCUT2D eigenvalue weighted by molar-refractivity contribution is -0.153. The van der Waals surface area contributed by atoms with Crippen LogP contribution in [0.4, 0.5) is 0 Å². The number of ether oxygens (including phenoxy) is 4. The van der Waals surface area contributed by atoms with Gasteiger partial charge in [0, 0.05) is 22.7 Å². The Morgan fingerprint density at radius 1 is 1.02 bits per heavy atom. The maximum Gasteiger partial charge on any atom is 0.356 e. The second-order valence-electron chi connectivity index (χ2n) is 9.95. The normalized spacial score (nSPS) is 13.8. The molecule has 1 unspecified atom stereocenters. The Bertz CT molecular complexity index is 1570. The van der Waals surface area contributed by atoms with Gasteiger partial charge in [-0.2, -0.15) is 0 Å². The van der Waals surface area contributed by atoms with Gasteiger partial charge in [-0.3, -0.25) is 4.98 Å². The fraction of sp³-hybridized carbons (Fsp3) is 0.257. The van der Waals surface area contributed by atoms with Gasteiger partial charge in [0.15, 0.2) is 17.9 Å². The number of halogens is 1. The quantitative estimate of drug-likeness (QED) is 0.0971. The van der Waals surface area contributed by atoms with Crippen molar-refractivity contribution in [3.8, 4) is 5.75 Å². The first kappa shape index (κ1) is 33.2. The smallest absolute Gasteiger partial charge is 0.356 e. The zero-order chi connectivity index (χ0) is 32.1. The molecule has 5 rings (SSSR count). The van der Waals surface area contributed by atoms with Gasteiger partial charge in [-0.1, -0.05) is 83.5 Å². The number of nitrogens with zero attached hydrogens (tertiary/aromatic N) is 2. The number of pyridine rings is 1. The van der Waals surface area contributed by atoms with Gasteiger partial charge in [0.2, 0.25) is 0 Å². The van der Waals surface area contributed by atoms with Crippen molar-refractivity contribution >= 4 is 40.2 Å². The molecule has 9 nitrogen and oxygen atoms in total. The number of hydrogen-bond acceptors (Lipinski definition) is 9. The molecule has 1 atom stereocenters. The zero-order valence-electron chi connectivity index (χ0n) is 25.2. The molecule has 0 amide bonds. The Kier molecular flexibility index (Phi) is 12.1. The molecule has 0 saturated carbocycles. The predicted octanol–water partition coefficient (Wildman–Crippen LogP) is 6.67. The molecule has 0 bridgehead atoms. The first-order valence-electron chi connectivity index (χ1n) is 14.4. The lowest BCUT2D eigenvalue weighted by Crippen LogP contribution is -2.29. The number of aromatic nitrogens is 1. The Morgan fingerprint density at radius 2 is 1.71 bits per heavy atom. The molecule has 0 saturated heterocycles. The van der Waals surface area contributed by atoms with Gasteiger partial charge in [0.05, 0.1) is 31.3 Å². The van der Waals surface area contributed by atoms with E-state index in [0.717, 1.165) is 16.5 Å². The number of fused-ring (bicyclic) bond motifs is 1. The highest BCUT2D eigenvalue weighted by Gasteiger charge is 2.45. The van der Waals surface area contributed by atoms with E-state index in [0.29, 0.717) is 48.2 Å². The van der Waals surface area contributed by atoms with E-state index in [9.17, 15) is 9.59 Å². The molecular formula is C35H35ClN2O7. The molecule has 4 aromatic rings. The first-order chi connectivity index (χ1) is 21.9. The Balaban J connectivity index is 0.000000205. The van der Waals surface area contributed by atoms with Crippen molar-refractivity contribution in [2.75, 3.05) is 26.4 Å². The van der Waals surface area contributed by atoms with E-state index < -0.39 is 17.5 Å². The second kappa shape index (κ2) is 16.4. The van der Waals surface area contributed by atoms with Crippen molar-refractivity contribution in [3.63, 3.8) is 0 Å². The number of esters is 2. The van der Waals surface area contributed by atoms with Crippen LogP contribution in [0.1, 0.15) is 31.4 Å². The van der Waals surface area contributed by atoms with Gasteiger partial charge in [0.25, 0.3) is 0 Å². The maximum absolute atomic E-state index is 12.0. The average Bonchev–Trinajstić information content (AvgIpc) is 3.53. The van der Waals surface area contributed by atoms with Crippen LogP contribution in [0.5, 0.6) is 5.75 Å². The molecule has 0 fully saturated rings. The van der Waals surface area contributed by atoms with Crippen LogP contribution in [0.2, 0.25) is 5.02 Å². The minimum absolute atomic E-state index is 0.209. The number of benzene rings is 3. The SMILES string of the molecule is C=CCOCC(C)OC(=O)COc1ccc(Cl)c2cccnc12.CCOC(=O)C1=NOC(c2ccccc2)(c2ccccc2)C1. The third kappa shape index (κ3) is 8.68. The molecule has 45 heavy (non-hydrogen) atoms. The third-order valence-corrected chi connectivity index (χ3v) is 6.99. The minimum Gasteiger partial charge on any atom is -0.480 e. The Morgan fingerprint density at radius 3 is 2.36 bits per heavy atom. The molecule has 0 radical (unpaired) electrons. The van der Waals surface area contributed by atoms with Crippen LogP contribution in [0.3, 0.4) is 0 Å². The number of hydrogen-bond donors (Lipinski definition) is 0. The van der Waals surface area contributed by atoms with Crippen molar-refractivity contribution in [1.29, 1.82) is 0 Å². The van der Waals surface area contributed by atoms with E-state index in [1.54, 1.807) is 44.3 Å². The minimum atomic E-state index is -0.773. The molecular weight excluding hydrogens is 596 g/mol. The largest absolute Gasteiger partial charge is 0.480 e. The molecule has 1 aliphatic rings. The molecule has 0 spiro atoms. The molecule has 3 aromatic carbocycles. The standard InChI is InChI=1S/C18H17NO3.C17H18ClNO4/c1-2-21-17(20)16-13-18(22-19-16,14-9-5-3-6-10-14)15-11-7-4-8-12-15;1-3-9-21-10-12(2)23-16(20)11-22-15-7-6-14(18)13-5-4-8-19-17(13)15/h3-12H,2,13H2,1H3;3-8,12H,1,9-11H2,2H3. The molecule has 2 heterocycles. The van der Waals surface area contributed by atoms with Crippen molar-refractivity contribution in [2.24, 2.45) is 5.16 Å². The molecule has 234 valence electrons. The highest BCUT2D eigenvalue weighted by Crippen LogP contribution is 2.41. The second-order valence-corrected chi connectivity index (χ2v) is 10.4. The first-order valence-corrected chi connectivity index (χ1v) is 14.8. The van der Waals surface area contributed by atoms with Gasteiger partial charge < -0.3 is 23.8 Å². The molecule has 0 aliphatic carbocycles. The van der Waals surface area contributed by atoms with Crippen LogP contribution >= 0.6 is 11.6 Å². The van der Waals surface area contributed by atoms with Gasteiger partial charge in [-0.25, -0.2) is 9.59 Å². The summed E-state index contributed by atoms with van der Waals surface area (Å²) >= 11 is 6.11. The predicted molar refractivity (Wildman–Crippen MR) is 172 cm³/mol. The van der Waals surface area contributed by atoms with E-state index in [4.69, 9.17) is 35.4 Å². The van der Waals surface area contributed by atoms with Gasteiger partial charge in [0.1, 0.15) is 17.4 Å². The van der Waals surface area contributed by atoms with E-state index in [1.807, 2.05) is 66.7 Å². The van der Waals surface area contributed by atoms with E-state index >= 15 is 0 Å². The highest BCUT2D eigenvalue weighted by atomic mass is 35.5. The van der Waals surface area contributed by atoms with E-state index in [-0.39, 0.29) is 12.7 Å². The van der Waals surface area contributed by atoms with Crippen molar-refractivity contribution in [2.45, 2.75) is 32.0 Å². The topological polar surface area (TPSA) is 106 Å². The monoisotopic (exact) mass is 630 g/mol. The lowest BCUT2D eigenvalue weighted by Gasteiger charge is -2.27. The van der Waals surface area contributed by atoms with Crippen LogP contribution in [0.15, 0.2) is 109 Å². The molecule has 1 aromatic heterocycles. The van der Waals surface area contributed by atoms with E-state index in [1.165, 1.54) is 0 Å². The Hall–Kier alpha value is -4.73.